The van der Waals surface area contributed by atoms with Crippen LogP contribution in [0.3, 0.4) is 0 Å². The van der Waals surface area contributed by atoms with E-state index in [1.54, 1.807) is 0 Å². The Labute approximate surface area is 49.4 Å². The highest BCUT2D eigenvalue weighted by Crippen LogP contribution is 2.25. The summed E-state index contributed by atoms with van der Waals surface area (Å²) in [6.45, 7) is 2.13. The molecule has 2 bridgehead atoms. The fourth-order valence-corrected chi connectivity index (χ4v) is 1.59. The number of rotatable bonds is 0. The van der Waals surface area contributed by atoms with Crippen LogP contribution < -0.4 is 0 Å². The lowest BCUT2D eigenvalue weighted by molar-refractivity contribution is 0.0416. The molecule has 0 unspecified atom stereocenters. The van der Waals surface area contributed by atoms with Gasteiger partial charge in [0.2, 0.25) is 0 Å². The van der Waals surface area contributed by atoms with Crippen molar-refractivity contribution in [2.75, 3.05) is 20.2 Å². The lowest BCUT2D eigenvalue weighted by Crippen LogP contribution is -2.33. The molecule has 0 spiro atoms. The van der Waals surface area contributed by atoms with Crippen molar-refractivity contribution >= 4 is 0 Å². The lowest BCUT2D eigenvalue weighted by atomic mass is 10.2. The summed E-state index contributed by atoms with van der Waals surface area (Å²) in [5.74, 6) is 0. The van der Waals surface area contributed by atoms with Gasteiger partial charge in [0.1, 0.15) is 0 Å². The average molecular weight is 113 g/mol. The van der Waals surface area contributed by atoms with Crippen molar-refractivity contribution in [2.45, 2.75) is 18.6 Å². The Morgan fingerprint density at radius 1 is 1.62 bits per heavy atom. The maximum absolute atomic E-state index is 5.38. The van der Waals surface area contributed by atoms with Crippen LogP contribution in [0.4, 0.5) is 0 Å². The lowest BCUT2D eigenvalue weighted by Gasteiger charge is -2.21. The van der Waals surface area contributed by atoms with Gasteiger partial charge in [-0.25, -0.2) is 0 Å². The molecule has 2 heterocycles. The van der Waals surface area contributed by atoms with E-state index < -0.39 is 0 Å². The number of fused-ring (bicyclic) bond motifs is 2. The average Bonchev–Trinajstić information content (AvgIpc) is 2.23. The molecule has 2 atom stereocenters. The molecule has 0 aromatic heterocycles. The second-order valence-corrected chi connectivity index (χ2v) is 2.78. The van der Waals surface area contributed by atoms with E-state index in [0.717, 1.165) is 19.2 Å². The van der Waals surface area contributed by atoms with Crippen LogP contribution in [0.25, 0.3) is 0 Å². The molecule has 0 amide bonds. The minimum absolute atomic E-state index is 0.574. The second-order valence-electron chi connectivity index (χ2n) is 2.78. The number of likely N-dealkylation sites (N-methyl/N-ethyl adjacent to an activating group) is 1. The van der Waals surface area contributed by atoms with Gasteiger partial charge in [0.05, 0.1) is 12.7 Å². The number of morpholine rings is 1. The molecule has 2 heteroatoms. The van der Waals surface area contributed by atoms with Gasteiger partial charge in [-0.15, -0.1) is 0 Å². The van der Waals surface area contributed by atoms with E-state index in [1.807, 2.05) is 0 Å². The van der Waals surface area contributed by atoms with Crippen molar-refractivity contribution in [3.05, 3.63) is 0 Å². The van der Waals surface area contributed by atoms with E-state index in [4.69, 9.17) is 4.74 Å². The number of nitrogens with zero attached hydrogens (tertiary/aromatic N) is 1. The Morgan fingerprint density at radius 2 is 2.50 bits per heavy atom. The molecule has 2 rings (SSSR count). The zero-order valence-corrected chi connectivity index (χ0v) is 5.13. The third-order valence-electron chi connectivity index (χ3n) is 2.17. The predicted molar refractivity (Wildman–Crippen MR) is 30.8 cm³/mol. The van der Waals surface area contributed by atoms with Crippen LogP contribution in [0.1, 0.15) is 6.42 Å². The summed E-state index contributed by atoms with van der Waals surface area (Å²) in [5, 5.41) is 0. The van der Waals surface area contributed by atoms with E-state index in [9.17, 15) is 0 Å². The van der Waals surface area contributed by atoms with Crippen LogP contribution in [0.2, 0.25) is 0 Å². The first kappa shape index (κ1) is 4.77. The van der Waals surface area contributed by atoms with Gasteiger partial charge < -0.3 is 4.74 Å². The normalized spacial score (nSPS) is 46.1. The number of likely N-dealkylation sites (tertiary alicyclic amines) is 1. The quantitative estimate of drug-likeness (QED) is 0.441. The fraction of sp³-hybridized carbons (Fsp3) is 1.00. The van der Waals surface area contributed by atoms with Crippen LogP contribution in [0.5, 0.6) is 0 Å². The molecule has 2 nitrogen and oxygen atoms in total. The molecule has 0 radical (unpaired) electrons. The summed E-state index contributed by atoms with van der Waals surface area (Å²) in [4.78, 5) is 2.38. The molecule has 46 valence electrons. The fourth-order valence-electron chi connectivity index (χ4n) is 1.59. The summed E-state index contributed by atoms with van der Waals surface area (Å²) in [5.41, 5.74) is 0. The second kappa shape index (κ2) is 1.45. The maximum Gasteiger partial charge on any atom is 0.0718 e. The summed E-state index contributed by atoms with van der Waals surface area (Å²) in [6.07, 6.45) is 1.85. The monoisotopic (exact) mass is 113 g/mol. The first-order valence-corrected chi connectivity index (χ1v) is 3.18. The largest absolute Gasteiger partial charge is 0.375 e. The Hall–Kier alpha value is -0.0800. The molecule has 2 aliphatic heterocycles. The van der Waals surface area contributed by atoms with E-state index in [-0.39, 0.29) is 0 Å². The molecule has 2 saturated heterocycles. The number of hydrogen-bond acceptors (Lipinski definition) is 2. The van der Waals surface area contributed by atoms with Gasteiger partial charge in [-0.2, -0.15) is 0 Å². The van der Waals surface area contributed by atoms with Crippen molar-refractivity contribution < 1.29 is 4.74 Å². The molecule has 2 fully saturated rings. The van der Waals surface area contributed by atoms with Crippen LogP contribution in [-0.2, 0) is 4.74 Å². The van der Waals surface area contributed by atoms with Gasteiger partial charge in [-0.3, -0.25) is 4.90 Å². The summed E-state index contributed by atoms with van der Waals surface area (Å²) >= 11 is 0. The summed E-state index contributed by atoms with van der Waals surface area (Å²) < 4.78 is 5.38. The van der Waals surface area contributed by atoms with Crippen molar-refractivity contribution in [3.63, 3.8) is 0 Å². The highest BCUT2D eigenvalue weighted by atomic mass is 16.5. The van der Waals surface area contributed by atoms with Crippen molar-refractivity contribution in [3.8, 4) is 0 Å². The summed E-state index contributed by atoms with van der Waals surface area (Å²) in [7, 11) is 2.17. The van der Waals surface area contributed by atoms with Gasteiger partial charge >= 0.3 is 0 Å². The Kier molecular flexibility index (Phi) is 0.866. The Balaban J connectivity index is 2.11. The van der Waals surface area contributed by atoms with Gasteiger partial charge in [0.15, 0.2) is 0 Å². The van der Waals surface area contributed by atoms with Gasteiger partial charge in [0, 0.05) is 12.6 Å². The molecular formula is C6H11NO. The molecule has 2 aliphatic rings. The molecule has 0 aliphatic carbocycles. The zero-order chi connectivity index (χ0) is 5.56. The van der Waals surface area contributed by atoms with E-state index in [0.29, 0.717) is 6.10 Å². The van der Waals surface area contributed by atoms with Crippen LogP contribution in [-0.4, -0.2) is 37.2 Å². The standard InChI is InChI=1S/C6H11NO/c1-7-3-6-2-5(7)4-8-6/h5-6H,2-4H2,1H3/t5-,6-/m1/s1. The number of hydrogen-bond donors (Lipinski definition) is 0. The molecular weight excluding hydrogens is 102 g/mol. The maximum atomic E-state index is 5.38. The van der Waals surface area contributed by atoms with E-state index in [1.165, 1.54) is 6.42 Å². The topological polar surface area (TPSA) is 12.5 Å². The first-order chi connectivity index (χ1) is 3.86. The smallest absolute Gasteiger partial charge is 0.0718 e. The molecule has 0 aromatic rings. The van der Waals surface area contributed by atoms with Crippen molar-refractivity contribution in [2.24, 2.45) is 0 Å². The van der Waals surface area contributed by atoms with E-state index >= 15 is 0 Å². The van der Waals surface area contributed by atoms with Gasteiger partial charge in [-0.05, 0) is 13.5 Å². The molecule has 0 aromatic carbocycles. The Bertz CT molecular complexity index is 103. The van der Waals surface area contributed by atoms with Crippen molar-refractivity contribution in [1.29, 1.82) is 0 Å². The number of ether oxygens (including phenoxy) is 1. The van der Waals surface area contributed by atoms with Crippen LogP contribution in [0.15, 0.2) is 0 Å². The van der Waals surface area contributed by atoms with Gasteiger partial charge in [0.25, 0.3) is 0 Å². The van der Waals surface area contributed by atoms with Gasteiger partial charge in [-0.1, -0.05) is 0 Å². The minimum atomic E-state index is 0.574. The first-order valence-electron chi connectivity index (χ1n) is 3.18. The van der Waals surface area contributed by atoms with Crippen LogP contribution in [0, 0.1) is 0 Å². The molecule has 8 heavy (non-hydrogen) atoms. The third-order valence-corrected chi connectivity index (χ3v) is 2.17. The highest BCUT2D eigenvalue weighted by Gasteiger charge is 2.36. The Morgan fingerprint density at radius 3 is 2.75 bits per heavy atom. The minimum Gasteiger partial charge on any atom is -0.375 e. The SMILES string of the molecule is CN1C[C@H]2C[C@@H]1CO2. The highest BCUT2D eigenvalue weighted by molar-refractivity contribution is 4.89. The predicted octanol–water partition coefficient (Wildman–Crippen LogP) is 0.0893. The van der Waals surface area contributed by atoms with E-state index in [2.05, 4.69) is 11.9 Å². The molecule has 0 saturated carbocycles. The van der Waals surface area contributed by atoms with Crippen LogP contribution >= 0.6 is 0 Å². The third kappa shape index (κ3) is 0.501. The summed E-state index contributed by atoms with van der Waals surface area (Å²) in [6, 6.07) is 0.750. The molecule has 0 N–H and O–H groups in total. The van der Waals surface area contributed by atoms with Crippen molar-refractivity contribution in [1.82, 2.24) is 4.90 Å². The zero-order valence-electron chi connectivity index (χ0n) is 5.13.